The number of amides is 1. The van der Waals surface area contributed by atoms with Crippen molar-refractivity contribution in [3.05, 3.63) is 29.8 Å². The van der Waals surface area contributed by atoms with Gasteiger partial charge in [0.15, 0.2) is 5.54 Å². The SMILES string of the molecule is CC(C)(C)OC(=O)N[C@](C)(C(=O)O)c1ccc(O)cc1. The minimum Gasteiger partial charge on any atom is -0.508 e. The first-order chi connectivity index (χ1) is 9.04. The number of carboxylic acid groups (broad SMARTS) is 1. The van der Waals surface area contributed by atoms with Crippen molar-refractivity contribution in [2.45, 2.75) is 38.8 Å². The van der Waals surface area contributed by atoms with Crippen LogP contribution >= 0.6 is 0 Å². The van der Waals surface area contributed by atoms with Crippen LogP contribution in [0.3, 0.4) is 0 Å². The number of phenols is 1. The normalized spacial score (nSPS) is 14.2. The summed E-state index contributed by atoms with van der Waals surface area (Å²) >= 11 is 0. The lowest BCUT2D eigenvalue weighted by Crippen LogP contribution is -2.50. The van der Waals surface area contributed by atoms with Crippen LogP contribution in [-0.2, 0) is 15.1 Å². The number of benzene rings is 1. The first-order valence-corrected chi connectivity index (χ1v) is 6.09. The van der Waals surface area contributed by atoms with Crippen LogP contribution in [0, 0.1) is 0 Å². The molecule has 0 saturated carbocycles. The minimum atomic E-state index is -1.64. The molecule has 1 aromatic rings. The zero-order valence-electron chi connectivity index (χ0n) is 11.9. The van der Waals surface area contributed by atoms with Crippen molar-refractivity contribution < 1.29 is 24.5 Å². The number of aromatic hydroxyl groups is 1. The summed E-state index contributed by atoms with van der Waals surface area (Å²) in [5.74, 6) is -1.21. The molecule has 1 atom stereocenters. The van der Waals surface area contributed by atoms with Crippen molar-refractivity contribution in [3.8, 4) is 5.75 Å². The summed E-state index contributed by atoms with van der Waals surface area (Å²) in [5.41, 5.74) is -2.04. The van der Waals surface area contributed by atoms with Crippen molar-refractivity contribution in [2.75, 3.05) is 0 Å². The third-order valence-corrected chi connectivity index (χ3v) is 2.62. The number of ether oxygens (including phenoxy) is 1. The standard InChI is InChI=1S/C14H19NO5/c1-13(2,3)20-12(19)15-14(4,11(17)18)9-5-7-10(16)8-6-9/h5-8,16H,1-4H3,(H,15,19)(H,17,18)/t14-/m0/s1. The molecule has 6 heteroatoms. The number of phenolic OH excluding ortho intramolecular Hbond substituents is 1. The predicted molar refractivity (Wildman–Crippen MR) is 72.5 cm³/mol. The second-order valence-electron chi connectivity index (χ2n) is 5.60. The first kappa shape index (κ1) is 15.8. The Morgan fingerprint density at radius 2 is 1.60 bits per heavy atom. The van der Waals surface area contributed by atoms with Crippen LogP contribution in [-0.4, -0.2) is 27.9 Å². The molecule has 0 saturated heterocycles. The Kier molecular flexibility index (Phi) is 4.27. The lowest BCUT2D eigenvalue weighted by Gasteiger charge is -2.28. The van der Waals surface area contributed by atoms with Gasteiger partial charge in [-0.2, -0.15) is 0 Å². The van der Waals surface area contributed by atoms with Gasteiger partial charge < -0.3 is 20.3 Å². The second-order valence-corrected chi connectivity index (χ2v) is 5.60. The van der Waals surface area contributed by atoms with E-state index in [2.05, 4.69) is 5.32 Å². The summed E-state index contributed by atoms with van der Waals surface area (Å²) in [4.78, 5) is 23.2. The molecule has 0 aromatic heterocycles. The Hall–Kier alpha value is -2.24. The van der Waals surface area contributed by atoms with Gasteiger partial charge in [0.2, 0.25) is 0 Å². The Bertz CT molecular complexity index is 503. The highest BCUT2D eigenvalue weighted by atomic mass is 16.6. The highest BCUT2D eigenvalue weighted by Gasteiger charge is 2.38. The van der Waals surface area contributed by atoms with E-state index in [0.29, 0.717) is 5.56 Å². The Balaban J connectivity index is 3.01. The van der Waals surface area contributed by atoms with Gasteiger partial charge in [-0.1, -0.05) is 12.1 Å². The molecule has 0 bridgehead atoms. The van der Waals surface area contributed by atoms with E-state index in [9.17, 15) is 19.8 Å². The molecule has 0 heterocycles. The van der Waals surface area contributed by atoms with Gasteiger partial charge in [-0.25, -0.2) is 9.59 Å². The van der Waals surface area contributed by atoms with Gasteiger partial charge in [-0.3, -0.25) is 0 Å². The lowest BCUT2D eigenvalue weighted by atomic mass is 9.92. The number of carbonyl (C=O) groups excluding carboxylic acids is 1. The van der Waals surface area contributed by atoms with Crippen LogP contribution < -0.4 is 5.32 Å². The van der Waals surface area contributed by atoms with Crippen molar-refractivity contribution in [1.29, 1.82) is 0 Å². The van der Waals surface area contributed by atoms with Gasteiger partial charge in [0.1, 0.15) is 11.4 Å². The molecule has 0 aliphatic carbocycles. The predicted octanol–water partition coefficient (Wildman–Crippen LogP) is 2.22. The first-order valence-electron chi connectivity index (χ1n) is 6.09. The maximum absolute atomic E-state index is 11.8. The summed E-state index contributed by atoms with van der Waals surface area (Å²) in [6.07, 6.45) is -0.824. The van der Waals surface area contributed by atoms with Gasteiger partial charge in [-0.15, -0.1) is 0 Å². The smallest absolute Gasteiger partial charge is 0.408 e. The number of rotatable bonds is 3. The molecule has 1 aromatic carbocycles. The molecule has 6 nitrogen and oxygen atoms in total. The maximum Gasteiger partial charge on any atom is 0.408 e. The lowest BCUT2D eigenvalue weighted by molar-refractivity contribution is -0.144. The van der Waals surface area contributed by atoms with Crippen LogP contribution in [0.2, 0.25) is 0 Å². The van der Waals surface area contributed by atoms with Gasteiger partial charge in [0.25, 0.3) is 0 Å². The summed E-state index contributed by atoms with van der Waals surface area (Å²) < 4.78 is 5.07. The zero-order valence-corrected chi connectivity index (χ0v) is 11.9. The van der Waals surface area contributed by atoms with Crippen molar-refractivity contribution in [3.63, 3.8) is 0 Å². The van der Waals surface area contributed by atoms with E-state index in [1.165, 1.54) is 31.2 Å². The van der Waals surface area contributed by atoms with Gasteiger partial charge in [0, 0.05) is 0 Å². The summed E-state index contributed by atoms with van der Waals surface area (Å²) in [5, 5.41) is 20.9. The zero-order chi connectivity index (χ0) is 15.6. The molecule has 1 amide bonds. The number of carbonyl (C=O) groups is 2. The third kappa shape index (κ3) is 3.88. The average Bonchev–Trinajstić information content (AvgIpc) is 2.26. The molecule has 110 valence electrons. The molecule has 3 N–H and O–H groups in total. The quantitative estimate of drug-likeness (QED) is 0.789. The summed E-state index contributed by atoms with van der Waals surface area (Å²) in [6, 6.07) is 5.57. The average molecular weight is 281 g/mol. The van der Waals surface area contributed by atoms with E-state index in [1.54, 1.807) is 20.8 Å². The fourth-order valence-electron chi connectivity index (χ4n) is 1.55. The van der Waals surface area contributed by atoms with Gasteiger partial charge >= 0.3 is 12.1 Å². The molecule has 0 fully saturated rings. The fraction of sp³-hybridized carbons (Fsp3) is 0.429. The maximum atomic E-state index is 11.8. The number of nitrogens with one attached hydrogen (secondary N) is 1. The number of alkyl carbamates (subject to hydrolysis) is 1. The number of hydrogen-bond donors (Lipinski definition) is 3. The van der Waals surface area contributed by atoms with E-state index < -0.39 is 23.2 Å². The van der Waals surface area contributed by atoms with Crippen LogP contribution in [0.15, 0.2) is 24.3 Å². The van der Waals surface area contributed by atoms with E-state index >= 15 is 0 Å². The van der Waals surface area contributed by atoms with E-state index in [0.717, 1.165) is 0 Å². The van der Waals surface area contributed by atoms with Crippen LogP contribution in [0.4, 0.5) is 4.79 Å². The Morgan fingerprint density at radius 3 is 2.00 bits per heavy atom. The van der Waals surface area contributed by atoms with Crippen molar-refractivity contribution >= 4 is 12.1 Å². The molecule has 0 unspecified atom stereocenters. The van der Waals surface area contributed by atoms with Crippen molar-refractivity contribution in [1.82, 2.24) is 5.32 Å². The molecule has 20 heavy (non-hydrogen) atoms. The summed E-state index contributed by atoms with van der Waals surface area (Å²) in [7, 11) is 0. The third-order valence-electron chi connectivity index (χ3n) is 2.62. The Labute approximate surface area is 117 Å². The molecule has 1 rings (SSSR count). The summed E-state index contributed by atoms with van der Waals surface area (Å²) in [6.45, 7) is 6.41. The van der Waals surface area contributed by atoms with Crippen LogP contribution in [0.5, 0.6) is 5.75 Å². The molecular formula is C14H19NO5. The van der Waals surface area contributed by atoms with E-state index in [4.69, 9.17) is 4.74 Å². The molecular weight excluding hydrogens is 262 g/mol. The molecule has 0 spiro atoms. The van der Waals surface area contributed by atoms with Crippen LogP contribution in [0.25, 0.3) is 0 Å². The molecule has 0 aliphatic heterocycles. The highest BCUT2D eigenvalue weighted by Crippen LogP contribution is 2.24. The van der Waals surface area contributed by atoms with Gasteiger partial charge in [0.05, 0.1) is 0 Å². The Morgan fingerprint density at radius 1 is 1.10 bits per heavy atom. The number of hydrogen-bond acceptors (Lipinski definition) is 4. The fourth-order valence-corrected chi connectivity index (χ4v) is 1.55. The topological polar surface area (TPSA) is 95.9 Å². The molecule has 0 radical (unpaired) electrons. The largest absolute Gasteiger partial charge is 0.508 e. The van der Waals surface area contributed by atoms with Crippen molar-refractivity contribution in [2.24, 2.45) is 0 Å². The number of aliphatic carboxylic acids is 1. The highest BCUT2D eigenvalue weighted by molar-refractivity contribution is 5.85. The minimum absolute atomic E-state index is 0.0127. The molecule has 0 aliphatic rings. The van der Waals surface area contributed by atoms with E-state index in [1.807, 2.05) is 0 Å². The van der Waals surface area contributed by atoms with Crippen LogP contribution in [0.1, 0.15) is 33.3 Å². The second kappa shape index (κ2) is 5.40. The van der Waals surface area contributed by atoms with E-state index in [-0.39, 0.29) is 5.75 Å². The van der Waals surface area contributed by atoms with Gasteiger partial charge in [-0.05, 0) is 45.4 Å². The number of carboxylic acids is 1. The monoisotopic (exact) mass is 281 g/mol.